The number of nitrogens with one attached hydrogen (secondary N) is 1. The first-order valence-electron chi connectivity index (χ1n) is 2.23. The SMILES string of the molecule is CCC(F)(F)C(=N)N. The summed E-state index contributed by atoms with van der Waals surface area (Å²) in [6.07, 6.45) is -0.400. The number of amidine groups is 1. The Morgan fingerprint density at radius 3 is 2.12 bits per heavy atom. The summed E-state index contributed by atoms with van der Waals surface area (Å²) in [6, 6.07) is 0. The lowest BCUT2D eigenvalue weighted by atomic mass is 10.2. The number of alkyl halides is 2. The molecule has 8 heavy (non-hydrogen) atoms. The summed E-state index contributed by atoms with van der Waals surface area (Å²) in [4.78, 5) is 0. The molecule has 0 heterocycles. The molecular weight excluding hydrogens is 114 g/mol. The summed E-state index contributed by atoms with van der Waals surface area (Å²) in [5.74, 6) is -4.15. The molecule has 0 amide bonds. The highest BCUT2D eigenvalue weighted by Crippen LogP contribution is 2.15. The first-order chi connectivity index (χ1) is 3.50. The van der Waals surface area contributed by atoms with Crippen LogP contribution in [0, 0.1) is 5.41 Å². The second-order valence-corrected chi connectivity index (χ2v) is 1.47. The van der Waals surface area contributed by atoms with Crippen LogP contribution in [0.1, 0.15) is 13.3 Å². The second kappa shape index (κ2) is 2.07. The van der Waals surface area contributed by atoms with E-state index in [1.807, 2.05) is 0 Å². The summed E-state index contributed by atoms with van der Waals surface area (Å²) >= 11 is 0. The zero-order valence-corrected chi connectivity index (χ0v) is 4.54. The molecule has 0 atom stereocenters. The van der Waals surface area contributed by atoms with E-state index in [0.29, 0.717) is 0 Å². The quantitative estimate of drug-likeness (QED) is 0.416. The van der Waals surface area contributed by atoms with E-state index in [9.17, 15) is 8.78 Å². The number of nitrogens with two attached hydrogens (primary N) is 1. The van der Waals surface area contributed by atoms with Crippen LogP contribution in [-0.4, -0.2) is 11.8 Å². The molecule has 4 heteroatoms. The zero-order valence-electron chi connectivity index (χ0n) is 4.54. The highest BCUT2D eigenvalue weighted by Gasteiger charge is 2.29. The number of rotatable bonds is 2. The summed E-state index contributed by atoms with van der Waals surface area (Å²) in [6.45, 7) is 1.28. The minimum absolute atomic E-state index is 0.400. The minimum atomic E-state index is -3.10. The largest absolute Gasteiger partial charge is 0.383 e. The third-order valence-corrected chi connectivity index (χ3v) is 0.838. The van der Waals surface area contributed by atoms with Crippen LogP contribution in [0.25, 0.3) is 0 Å². The Balaban J connectivity index is 3.91. The van der Waals surface area contributed by atoms with Crippen molar-refractivity contribution < 1.29 is 8.78 Å². The standard InChI is InChI=1S/C4H8F2N2/c1-2-4(5,6)3(7)8/h2H2,1H3,(H3,7,8). The highest BCUT2D eigenvalue weighted by molar-refractivity contribution is 5.84. The molecular formula is C4H8F2N2. The molecule has 0 fully saturated rings. The van der Waals surface area contributed by atoms with Gasteiger partial charge in [-0.1, -0.05) is 6.92 Å². The van der Waals surface area contributed by atoms with E-state index in [-0.39, 0.29) is 0 Å². The van der Waals surface area contributed by atoms with Crippen molar-refractivity contribution in [3.8, 4) is 0 Å². The van der Waals surface area contributed by atoms with Gasteiger partial charge in [0.1, 0.15) is 0 Å². The van der Waals surface area contributed by atoms with Crippen molar-refractivity contribution in [2.24, 2.45) is 5.73 Å². The van der Waals surface area contributed by atoms with Crippen molar-refractivity contribution in [1.82, 2.24) is 0 Å². The van der Waals surface area contributed by atoms with Gasteiger partial charge in [0.05, 0.1) is 0 Å². The van der Waals surface area contributed by atoms with Crippen LogP contribution in [0.2, 0.25) is 0 Å². The van der Waals surface area contributed by atoms with E-state index in [4.69, 9.17) is 5.41 Å². The molecule has 48 valence electrons. The maximum atomic E-state index is 11.9. The molecule has 2 nitrogen and oxygen atoms in total. The monoisotopic (exact) mass is 122 g/mol. The molecule has 0 spiro atoms. The molecule has 0 rings (SSSR count). The van der Waals surface area contributed by atoms with Crippen LogP contribution in [0.5, 0.6) is 0 Å². The molecule has 0 aromatic heterocycles. The van der Waals surface area contributed by atoms with E-state index < -0.39 is 18.2 Å². The van der Waals surface area contributed by atoms with Crippen LogP contribution in [0.3, 0.4) is 0 Å². The van der Waals surface area contributed by atoms with Crippen molar-refractivity contribution in [1.29, 1.82) is 5.41 Å². The fourth-order valence-corrected chi connectivity index (χ4v) is 0.190. The lowest BCUT2D eigenvalue weighted by Gasteiger charge is -2.09. The molecule has 0 aromatic rings. The zero-order chi connectivity index (χ0) is 6.78. The summed E-state index contributed by atoms with van der Waals surface area (Å²) in [5.41, 5.74) is 4.51. The van der Waals surface area contributed by atoms with E-state index in [1.165, 1.54) is 6.92 Å². The predicted molar refractivity (Wildman–Crippen MR) is 27.2 cm³/mol. The van der Waals surface area contributed by atoms with Crippen LogP contribution < -0.4 is 5.73 Å². The summed E-state index contributed by atoms with van der Waals surface area (Å²) < 4.78 is 23.9. The van der Waals surface area contributed by atoms with Crippen LogP contribution >= 0.6 is 0 Å². The average Bonchev–Trinajstić information content (AvgIpc) is 1.67. The van der Waals surface area contributed by atoms with Gasteiger partial charge in [-0.3, -0.25) is 5.41 Å². The van der Waals surface area contributed by atoms with Gasteiger partial charge in [0.2, 0.25) is 0 Å². The van der Waals surface area contributed by atoms with Gasteiger partial charge in [-0.2, -0.15) is 8.78 Å². The van der Waals surface area contributed by atoms with Gasteiger partial charge >= 0.3 is 5.92 Å². The van der Waals surface area contributed by atoms with Crippen molar-refractivity contribution in [2.45, 2.75) is 19.3 Å². The predicted octanol–water partition coefficient (Wildman–Crippen LogP) is 0.968. The molecule has 3 N–H and O–H groups in total. The van der Waals surface area contributed by atoms with Gasteiger partial charge in [-0.25, -0.2) is 0 Å². The molecule has 0 bridgehead atoms. The molecule has 0 unspecified atom stereocenters. The topological polar surface area (TPSA) is 49.9 Å². The Morgan fingerprint density at radius 1 is 1.75 bits per heavy atom. The van der Waals surface area contributed by atoms with E-state index >= 15 is 0 Å². The lowest BCUT2D eigenvalue weighted by Crippen LogP contribution is -2.33. The van der Waals surface area contributed by atoms with E-state index in [2.05, 4.69) is 5.73 Å². The maximum absolute atomic E-state index is 11.9. The van der Waals surface area contributed by atoms with Gasteiger partial charge in [0, 0.05) is 6.42 Å². The van der Waals surface area contributed by atoms with Gasteiger partial charge in [0.15, 0.2) is 5.84 Å². The number of halogens is 2. The fourth-order valence-electron chi connectivity index (χ4n) is 0.190. The third kappa shape index (κ3) is 1.44. The van der Waals surface area contributed by atoms with Crippen molar-refractivity contribution in [2.75, 3.05) is 0 Å². The summed E-state index contributed by atoms with van der Waals surface area (Å²) in [5, 5.41) is 6.32. The molecule has 0 aliphatic carbocycles. The first-order valence-corrected chi connectivity index (χ1v) is 2.23. The second-order valence-electron chi connectivity index (χ2n) is 1.47. The van der Waals surface area contributed by atoms with Crippen molar-refractivity contribution >= 4 is 5.84 Å². The molecule has 0 aromatic carbocycles. The smallest absolute Gasteiger partial charge is 0.303 e. The van der Waals surface area contributed by atoms with Crippen molar-refractivity contribution in [3.05, 3.63) is 0 Å². The minimum Gasteiger partial charge on any atom is -0.383 e. The molecule has 0 aliphatic heterocycles. The molecule has 0 radical (unpaired) electrons. The number of hydrogen-bond acceptors (Lipinski definition) is 1. The maximum Gasteiger partial charge on any atom is 0.303 e. The summed E-state index contributed by atoms with van der Waals surface area (Å²) in [7, 11) is 0. The third-order valence-electron chi connectivity index (χ3n) is 0.838. The Kier molecular flexibility index (Phi) is 1.89. The number of hydrogen-bond donors (Lipinski definition) is 2. The first kappa shape index (κ1) is 7.33. The average molecular weight is 122 g/mol. The fraction of sp³-hybridized carbons (Fsp3) is 0.750. The molecule has 0 saturated heterocycles. The van der Waals surface area contributed by atoms with Crippen molar-refractivity contribution in [3.63, 3.8) is 0 Å². The van der Waals surface area contributed by atoms with E-state index in [0.717, 1.165) is 0 Å². The van der Waals surface area contributed by atoms with Gasteiger partial charge < -0.3 is 5.73 Å². The molecule has 0 saturated carbocycles. The Bertz CT molecular complexity index is 100. The Morgan fingerprint density at radius 2 is 2.12 bits per heavy atom. The molecule has 0 aliphatic rings. The normalized spacial score (nSPS) is 11.4. The van der Waals surface area contributed by atoms with Crippen LogP contribution in [-0.2, 0) is 0 Å². The highest BCUT2D eigenvalue weighted by atomic mass is 19.3. The van der Waals surface area contributed by atoms with Crippen LogP contribution in [0.4, 0.5) is 8.78 Å². The lowest BCUT2D eigenvalue weighted by molar-refractivity contribution is 0.0714. The van der Waals surface area contributed by atoms with Gasteiger partial charge in [0.25, 0.3) is 0 Å². The van der Waals surface area contributed by atoms with Gasteiger partial charge in [-0.15, -0.1) is 0 Å². The Labute approximate surface area is 46.2 Å². The Hall–Kier alpha value is -0.670. The van der Waals surface area contributed by atoms with Gasteiger partial charge in [-0.05, 0) is 0 Å². The van der Waals surface area contributed by atoms with Crippen LogP contribution in [0.15, 0.2) is 0 Å². The van der Waals surface area contributed by atoms with E-state index in [1.54, 1.807) is 0 Å².